The summed E-state index contributed by atoms with van der Waals surface area (Å²) in [5.74, 6) is -0.264. The highest BCUT2D eigenvalue weighted by Crippen LogP contribution is 2.29. The summed E-state index contributed by atoms with van der Waals surface area (Å²) in [4.78, 5) is 0. The van der Waals surface area contributed by atoms with Gasteiger partial charge in [0, 0.05) is 26.7 Å². The third-order valence-electron chi connectivity index (χ3n) is 3.02. The average Bonchev–Trinajstić information content (AvgIpc) is 2.42. The quantitative estimate of drug-likeness (QED) is 0.774. The van der Waals surface area contributed by atoms with E-state index in [9.17, 15) is 4.39 Å². The van der Waals surface area contributed by atoms with E-state index in [0.717, 1.165) is 20.2 Å². The molecule has 2 aromatic carbocycles. The maximum absolute atomic E-state index is 14.0. The molecule has 0 aliphatic rings. The number of halogens is 3. The first kappa shape index (κ1) is 15.5. The van der Waals surface area contributed by atoms with Crippen molar-refractivity contribution in [2.45, 2.75) is 13.0 Å². The van der Waals surface area contributed by atoms with Crippen LogP contribution in [-0.4, -0.2) is 6.54 Å². The molecule has 0 fully saturated rings. The molecule has 0 amide bonds. The van der Waals surface area contributed by atoms with Crippen LogP contribution in [0.2, 0.25) is 0 Å². The van der Waals surface area contributed by atoms with Crippen LogP contribution in [-0.2, 0) is 0 Å². The molecule has 0 heterocycles. The van der Waals surface area contributed by atoms with Crippen molar-refractivity contribution in [2.75, 3.05) is 11.9 Å². The number of hydrogen-bond acceptors (Lipinski definition) is 2. The van der Waals surface area contributed by atoms with E-state index >= 15 is 0 Å². The molecule has 2 nitrogen and oxygen atoms in total. The Labute approximate surface area is 134 Å². The SMILES string of the molecule is Cc1ccc(Br)c(NC(CN)c2cc(Br)ccc2F)c1. The highest BCUT2D eigenvalue weighted by molar-refractivity contribution is 9.10. The second-order valence-electron chi connectivity index (χ2n) is 4.58. The lowest BCUT2D eigenvalue weighted by Crippen LogP contribution is -2.22. The zero-order valence-electron chi connectivity index (χ0n) is 11.0. The molecule has 20 heavy (non-hydrogen) atoms. The Kier molecular flexibility index (Phi) is 5.18. The van der Waals surface area contributed by atoms with Gasteiger partial charge in [-0.1, -0.05) is 22.0 Å². The third kappa shape index (κ3) is 3.59. The van der Waals surface area contributed by atoms with Crippen molar-refractivity contribution in [3.05, 3.63) is 62.3 Å². The van der Waals surface area contributed by atoms with Gasteiger partial charge < -0.3 is 11.1 Å². The monoisotopic (exact) mass is 400 g/mol. The first-order valence-electron chi connectivity index (χ1n) is 6.19. The van der Waals surface area contributed by atoms with Crippen molar-refractivity contribution in [1.29, 1.82) is 0 Å². The Bertz CT molecular complexity index is 617. The largest absolute Gasteiger partial charge is 0.376 e. The predicted molar refractivity (Wildman–Crippen MR) is 88.4 cm³/mol. The Morgan fingerprint density at radius 1 is 1.20 bits per heavy atom. The molecule has 0 bridgehead atoms. The molecule has 0 saturated heterocycles. The van der Waals surface area contributed by atoms with Crippen LogP contribution in [0.25, 0.3) is 0 Å². The summed E-state index contributed by atoms with van der Waals surface area (Å²) in [5.41, 5.74) is 8.38. The summed E-state index contributed by atoms with van der Waals surface area (Å²) >= 11 is 6.85. The minimum Gasteiger partial charge on any atom is -0.376 e. The lowest BCUT2D eigenvalue weighted by molar-refractivity contribution is 0.593. The fourth-order valence-electron chi connectivity index (χ4n) is 1.98. The van der Waals surface area contributed by atoms with E-state index in [1.165, 1.54) is 6.07 Å². The molecule has 0 radical (unpaired) electrons. The van der Waals surface area contributed by atoms with E-state index in [1.54, 1.807) is 12.1 Å². The van der Waals surface area contributed by atoms with Gasteiger partial charge >= 0.3 is 0 Å². The van der Waals surface area contributed by atoms with Crippen molar-refractivity contribution in [3.63, 3.8) is 0 Å². The molecule has 0 aliphatic heterocycles. The Morgan fingerprint density at radius 3 is 2.65 bits per heavy atom. The second kappa shape index (κ2) is 6.70. The molecular weight excluding hydrogens is 387 g/mol. The van der Waals surface area contributed by atoms with E-state index in [0.29, 0.717) is 12.1 Å². The average molecular weight is 402 g/mol. The van der Waals surface area contributed by atoms with Gasteiger partial charge in [-0.3, -0.25) is 0 Å². The van der Waals surface area contributed by atoms with Crippen LogP contribution in [0.4, 0.5) is 10.1 Å². The Balaban J connectivity index is 2.33. The molecule has 2 aromatic rings. The highest BCUT2D eigenvalue weighted by atomic mass is 79.9. The molecule has 5 heteroatoms. The molecule has 1 unspecified atom stereocenters. The van der Waals surface area contributed by atoms with Crippen LogP contribution in [0.1, 0.15) is 17.2 Å². The lowest BCUT2D eigenvalue weighted by atomic mass is 10.1. The summed E-state index contributed by atoms with van der Waals surface area (Å²) in [6.07, 6.45) is 0. The number of anilines is 1. The molecule has 3 N–H and O–H groups in total. The van der Waals surface area contributed by atoms with E-state index in [1.807, 2.05) is 25.1 Å². The summed E-state index contributed by atoms with van der Waals surface area (Å²) in [6.45, 7) is 2.31. The van der Waals surface area contributed by atoms with Gasteiger partial charge in [-0.15, -0.1) is 0 Å². The van der Waals surface area contributed by atoms with Gasteiger partial charge in [-0.2, -0.15) is 0 Å². The first-order valence-corrected chi connectivity index (χ1v) is 7.77. The molecule has 1 atom stereocenters. The number of nitrogens with one attached hydrogen (secondary N) is 1. The van der Waals surface area contributed by atoms with Gasteiger partial charge in [0.1, 0.15) is 5.82 Å². The molecular formula is C15H15Br2FN2. The molecule has 0 aliphatic carbocycles. The van der Waals surface area contributed by atoms with Crippen molar-refractivity contribution in [2.24, 2.45) is 5.73 Å². The van der Waals surface area contributed by atoms with Crippen LogP contribution in [0, 0.1) is 12.7 Å². The number of hydrogen-bond donors (Lipinski definition) is 2. The van der Waals surface area contributed by atoms with Crippen LogP contribution >= 0.6 is 31.9 Å². The second-order valence-corrected chi connectivity index (χ2v) is 6.35. The van der Waals surface area contributed by atoms with Crippen molar-refractivity contribution >= 4 is 37.5 Å². The van der Waals surface area contributed by atoms with Crippen molar-refractivity contribution in [1.82, 2.24) is 0 Å². The maximum atomic E-state index is 14.0. The van der Waals surface area contributed by atoms with E-state index in [-0.39, 0.29) is 11.9 Å². The van der Waals surface area contributed by atoms with Gasteiger partial charge in [-0.25, -0.2) is 4.39 Å². The number of aryl methyl sites for hydroxylation is 1. The van der Waals surface area contributed by atoms with Gasteiger partial charge in [0.2, 0.25) is 0 Å². The summed E-state index contributed by atoms with van der Waals surface area (Å²) in [5, 5.41) is 3.29. The molecule has 106 valence electrons. The van der Waals surface area contributed by atoms with Crippen LogP contribution in [0.5, 0.6) is 0 Å². The van der Waals surface area contributed by atoms with Gasteiger partial charge in [-0.05, 0) is 58.7 Å². The number of rotatable bonds is 4. The Morgan fingerprint density at radius 2 is 1.95 bits per heavy atom. The third-order valence-corrected chi connectivity index (χ3v) is 4.21. The van der Waals surface area contributed by atoms with Crippen LogP contribution in [0.3, 0.4) is 0 Å². The maximum Gasteiger partial charge on any atom is 0.128 e. The minimum atomic E-state index is -0.286. The fraction of sp³-hybridized carbons (Fsp3) is 0.200. The molecule has 0 aromatic heterocycles. The number of nitrogens with two attached hydrogens (primary N) is 1. The standard InChI is InChI=1S/C15H15Br2FN2/c1-9-2-4-12(17)14(6-9)20-15(8-19)11-7-10(16)3-5-13(11)18/h2-7,15,20H,8,19H2,1H3. The summed E-state index contributed by atoms with van der Waals surface area (Å²) < 4.78 is 15.7. The zero-order chi connectivity index (χ0) is 14.7. The zero-order valence-corrected chi connectivity index (χ0v) is 14.1. The summed E-state index contributed by atoms with van der Waals surface area (Å²) in [7, 11) is 0. The molecule has 2 rings (SSSR count). The fourth-order valence-corrected chi connectivity index (χ4v) is 2.72. The van der Waals surface area contributed by atoms with E-state index in [4.69, 9.17) is 5.73 Å². The van der Waals surface area contributed by atoms with E-state index < -0.39 is 0 Å². The molecule has 0 saturated carbocycles. The normalized spacial score (nSPS) is 12.2. The minimum absolute atomic E-state index is 0.264. The van der Waals surface area contributed by atoms with Crippen molar-refractivity contribution in [3.8, 4) is 0 Å². The molecule has 0 spiro atoms. The van der Waals surface area contributed by atoms with Crippen molar-refractivity contribution < 1.29 is 4.39 Å². The van der Waals surface area contributed by atoms with Crippen LogP contribution in [0.15, 0.2) is 45.3 Å². The smallest absolute Gasteiger partial charge is 0.128 e. The Hall–Kier alpha value is -0.910. The lowest BCUT2D eigenvalue weighted by Gasteiger charge is -2.20. The van der Waals surface area contributed by atoms with Gasteiger partial charge in [0.15, 0.2) is 0 Å². The first-order chi connectivity index (χ1) is 9.51. The van der Waals surface area contributed by atoms with E-state index in [2.05, 4.69) is 37.2 Å². The topological polar surface area (TPSA) is 38.0 Å². The predicted octanol–water partition coefficient (Wildman–Crippen LogP) is 4.77. The van der Waals surface area contributed by atoms with Crippen LogP contribution < -0.4 is 11.1 Å². The van der Waals surface area contributed by atoms with Gasteiger partial charge in [0.25, 0.3) is 0 Å². The highest BCUT2D eigenvalue weighted by Gasteiger charge is 2.15. The van der Waals surface area contributed by atoms with Gasteiger partial charge in [0.05, 0.1) is 6.04 Å². The summed E-state index contributed by atoms with van der Waals surface area (Å²) in [6, 6.07) is 10.6. The number of benzene rings is 2.